The van der Waals surface area contributed by atoms with Gasteiger partial charge < -0.3 is 14.8 Å². The van der Waals surface area contributed by atoms with Crippen molar-refractivity contribution < 1.29 is 19.1 Å². The van der Waals surface area contributed by atoms with Gasteiger partial charge in [-0.15, -0.1) is 0 Å². The Bertz CT molecular complexity index is 1050. The van der Waals surface area contributed by atoms with Gasteiger partial charge in [0, 0.05) is 24.5 Å². The Morgan fingerprint density at radius 3 is 2.68 bits per heavy atom. The van der Waals surface area contributed by atoms with Crippen LogP contribution in [-0.4, -0.2) is 29.4 Å². The number of amides is 2. The highest BCUT2D eigenvalue weighted by Gasteiger charge is 2.32. The minimum absolute atomic E-state index is 0.0597. The molecule has 7 nitrogen and oxygen atoms in total. The van der Waals surface area contributed by atoms with Gasteiger partial charge in [-0.05, 0) is 42.8 Å². The maximum atomic E-state index is 12.5. The summed E-state index contributed by atoms with van der Waals surface area (Å²) in [4.78, 5) is 30.5. The standard InChI is InChI=1S/C24H23N3O4/c1-17-24(29)27(21-6-2-3-7-22(21)31-17)15-23(28)26-14-18-8-10-20(11-9-18)30-16-19-5-4-12-25-13-19/h2-13,17H,14-16H2,1H3,(H,26,28). The summed E-state index contributed by atoms with van der Waals surface area (Å²) >= 11 is 0. The third-order valence-corrected chi connectivity index (χ3v) is 4.92. The molecule has 4 rings (SSSR count). The van der Waals surface area contributed by atoms with Gasteiger partial charge in [-0.1, -0.05) is 30.3 Å². The lowest BCUT2D eigenvalue weighted by atomic mass is 10.2. The Balaban J connectivity index is 1.30. The van der Waals surface area contributed by atoms with Crippen molar-refractivity contribution in [1.82, 2.24) is 10.3 Å². The van der Waals surface area contributed by atoms with Crippen molar-refractivity contribution >= 4 is 17.5 Å². The van der Waals surface area contributed by atoms with Gasteiger partial charge in [-0.25, -0.2) is 0 Å². The first-order valence-corrected chi connectivity index (χ1v) is 10.0. The predicted molar refractivity (Wildman–Crippen MR) is 116 cm³/mol. The predicted octanol–water partition coefficient (Wildman–Crippen LogP) is 3.09. The molecule has 0 radical (unpaired) electrons. The van der Waals surface area contributed by atoms with Crippen molar-refractivity contribution in [3.63, 3.8) is 0 Å². The summed E-state index contributed by atoms with van der Waals surface area (Å²) in [6.07, 6.45) is 2.87. The molecule has 0 aliphatic carbocycles. The molecule has 158 valence electrons. The molecule has 1 N–H and O–H groups in total. The molecule has 2 amide bonds. The third-order valence-electron chi connectivity index (χ3n) is 4.92. The van der Waals surface area contributed by atoms with E-state index in [2.05, 4.69) is 10.3 Å². The molecule has 31 heavy (non-hydrogen) atoms. The quantitative estimate of drug-likeness (QED) is 0.639. The summed E-state index contributed by atoms with van der Waals surface area (Å²) < 4.78 is 11.4. The van der Waals surface area contributed by atoms with Gasteiger partial charge in [0.25, 0.3) is 5.91 Å². The summed E-state index contributed by atoms with van der Waals surface area (Å²) in [6, 6.07) is 18.6. The molecule has 0 saturated carbocycles. The number of pyridine rings is 1. The van der Waals surface area contributed by atoms with Crippen molar-refractivity contribution in [2.45, 2.75) is 26.2 Å². The van der Waals surface area contributed by atoms with E-state index in [0.717, 1.165) is 16.9 Å². The molecule has 0 bridgehead atoms. The lowest BCUT2D eigenvalue weighted by Gasteiger charge is -2.32. The Hall–Kier alpha value is -3.87. The molecular weight excluding hydrogens is 394 g/mol. The number of aromatic nitrogens is 1. The van der Waals surface area contributed by atoms with Gasteiger partial charge in [0.1, 0.15) is 24.7 Å². The summed E-state index contributed by atoms with van der Waals surface area (Å²) in [5.41, 5.74) is 2.53. The van der Waals surface area contributed by atoms with Crippen molar-refractivity contribution in [2.75, 3.05) is 11.4 Å². The molecule has 1 aliphatic rings. The summed E-state index contributed by atoms with van der Waals surface area (Å²) in [5, 5.41) is 2.87. The summed E-state index contributed by atoms with van der Waals surface area (Å²) in [5.74, 6) is 0.867. The summed E-state index contributed by atoms with van der Waals surface area (Å²) in [7, 11) is 0. The first kappa shape index (κ1) is 20.4. The summed E-state index contributed by atoms with van der Waals surface area (Å²) in [6.45, 7) is 2.42. The molecule has 2 heterocycles. The van der Waals surface area contributed by atoms with E-state index < -0.39 is 6.10 Å². The molecule has 0 spiro atoms. The van der Waals surface area contributed by atoms with E-state index in [0.29, 0.717) is 24.6 Å². The maximum Gasteiger partial charge on any atom is 0.268 e. The van der Waals surface area contributed by atoms with Crippen LogP contribution in [-0.2, 0) is 22.7 Å². The van der Waals surface area contributed by atoms with Gasteiger partial charge in [0.2, 0.25) is 5.91 Å². The number of rotatable bonds is 7. The van der Waals surface area contributed by atoms with Crippen molar-refractivity contribution in [3.05, 3.63) is 84.2 Å². The van der Waals surface area contributed by atoms with Gasteiger partial charge in [0.05, 0.1) is 5.69 Å². The van der Waals surface area contributed by atoms with E-state index in [-0.39, 0.29) is 18.4 Å². The fourth-order valence-electron chi connectivity index (χ4n) is 3.28. The Kier molecular flexibility index (Phi) is 6.12. The van der Waals surface area contributed by atoms with Crippen molar-refractivity contribution in [1.29, 1.82) is 0 Å². The number of para-hydroxylation sites is 2. The first-order valence-electron chi connectivity index (χ1n) is 10.0. The van der Waals surface area contributed by atoms with E-state index in [9.17, 15) is 9.59 Å². The van der Waals surface area contributed by atoms with E-state index >= 15 is 0 Å². The van der Waals surface area contributed by atoms with Crippen LogP contribution in [0.25, 0.3) is 0 Å². The number of nitrogens with zero attached hydrogens (tertiary/aromatic N) is 2. The fourth-order valence-corrected chi connectivity index (χ4v) is 3.28. The SMILES string of the molecule is CC1Oc2ccccc2N(CC(=O)NCc2ccc(OCc3cccnc3)cc2)C1=O. The van der Waals surface area contributed by atoms with Crippen LogP contribution in [0, 0.1) is 0 Å². The van der Waals surface area contributed by atoms with Crippen molar-refractivity contribution in [3.8, 4) is 11.5 Å². The van der Waals surface area contributed by atoms with Gasteiger partial charge >= 0.3 is 0 Å². The van der Waals surface area contributed by atoms with Gasteiger partial charge in [0.15, 0.2) is 6.10 Å². The number of fused-ring (bicyclic) bond motifs is 1. The number of hydrogen-bond donors (Lipinski definition) is 1. The lowest BCUT2D eigenvalue weighted by molar-refractivity contribution is -0.128. The van der Waals surface area contributed by atoms with Crippen LogP contribution in [0.3, 0.4) is 0 Å². The Labute approximate surface area is 180 Å². The van der Waals surface area contributed by atoms with E-state index in [1.807, 2.05) is 48.5 Å². The topological polar surface area (TPSA) is 80.8 Å². The van der Waals surface area contributed by atoms with Gasteiger partial charge in [-0.3, -0.25) is 19.5 Å². The third kappa shape index (κ3) is 5.01. The molecule has 3 aromatic rings. The largest absolute Gasteiger partial charge is 0.489 e. The first-order chi connectivity index (χ1) is 15.1. The van der Waals surface area contributed by atoms with Crippen LogP contribution >= 0.6 is 0 Å². The zero-order chi connectivity index (χ0) is 21.6. The molecule has 7 heteroatoms. The molecule has 2 aromatic carbocycles. The number of nitrogens with one attached hydrogen (secondary N) is 1. The smallest absolute Gasteiger partial charge is 0.268 e. The zero-order valence-electron chi connectivity index (χ0n) is 17.2. The average molecular weight is 417 g/mol. The van der Waals surface area contributed by atoms with Crippen LogP contribution in [0.2, 0.25) is 0 Å². The number of hydrogen-bond acceptors (Lipinski definition) is 5. The number of anilines is 1. The normalized spacial score (nSPS) is 15.1. The van der Waals surface area contributed by atoms with Crippen LogP contribution in [0.5, 0.6) is 11.5 Å². The molecule has 0 fully saturated rings. The number of benzene rings is 2. The van der Waals surface area contributed by atoms with E-state index in [1.165, 1.54) is 4.90 Å². The van der Waals surface area contributed by atoms with E-state index in [1.54, 1.807) is 31.5 Å². The van der Waals surface area contributed by atoms with Crippen LogP contribution in [0.4, 0.5) is 5.69 Å². The van der Waals surface area contributed by atoms with Crippen LogP contribution in [0.15, 0.2) is 73.1 Å². The molecule has 1 atom stereocenters. The molecule has 1 aromatic heterocycles. The second-order valence-electron chi connectivity index (χ2n) is 7.22. The maximum absolute atomic E-state index is 12.5. The van der Waals surface area contributed by atoms with Crippen molar-refractivity contribution in [2.24, 2.45) is 0 Å². The Morgan fingerprint density at radius 1 is 1.10 bits per heavy atom. The number of carbonyl (C=O) groups is 2. The monoisotopic (exact) mass is 417 g/mol. The fraction of sp³-hybridized carbons (Fsp3) is 0.208. The average Bonchev–Trinajstić information content (AvgIpc) is 2.80. The lowest BCUT2D eigenvalue weighted by Crippen LogP contribution is -2.48. The minimum atomic E-state index is -0.623. The molecule has 0 saturated heterocycles. The molecular formula is C24H23N3O4. The Morgan fingerprint density at radius 2 is 1.90 bits per heavy atom. The van der Waals surface area contributed by atoms with Crippen LogP contribution in [0.1, 0.15) is 18.1 Å². The molecule has 1 unspecified atom stereocenters. The second kappa shape index (κ2) is 9.30. The van der Waals surface area contributed by atoms with Gasteiger partial charge in [-0.2, -0.15) is 0 Å². The second-order valence-corrected chi connectivity index (χ2v) is 7.22. The van der Waals surface area contributed by atoms with E-state index in [4.69, 9.17) is 9.47 Å². The number of ether oxygens (including phenoxy) is 2. The van der Waals surface area contributed by atoms with Crippen LogP contribution < -0.4 is 19.7 Å². The highest BCUT2D eigenvalue weighted by atomic mass is 16.5. The molecule has 1 aliphatic heterocycles. The zero-order valence-corrected chi connectivity index (χ0v) is 17.2. The highest BCUT2D eigenvalue weighted by molar-refractivity contribution is 6.03. The number of carbonyl (C=O) groups excluding carboxylic acids is 2. The minimum Gasteiger partial charge on any atom is -0.489 e. The highest BCUT2D eigenvalue weighted by Crippen LogP contribution is 2.33.